The second-order valence-corrected chi connectivity index (χ2v) is 5.53. The zero-order valence-corrected chi connectivity index (χ0v) is 10.9. The first-order valence-corrected chi connectivity index (χ1v) is 6.77. The monoisotopic (exact) mass is 247 g/mol. The highest BCUT2D eigenvalue weighted by atomic mass is 16.5. The van der Waals surface area contributed by atoms with Crippen LogP contribution in [0, 0.1) is 11.8 Å². The number of anilines is 1. The maximum Gasteiger partial charge on any atom is 0.171 e. The van der Waals surface area contributed by atoms with E-state index in [0.29, 0.717) is 6.04 Å². The Hall–Kier alpha value is -1.29. The number of methoxy groups -OCH3 is 1. The SMILES string of the molecule is COc1cccnc1N1C[C@H]2CCC(N)C[C@H]2C1. The van der Waals surface area contributed by atoms with Crippen molar-refractivity contribution in [3.05, 3.63) is 18.3 Å². The van der Waals surface area contributed by atoms with Gasteiger partial charge >= 0.3 is 0 Å². The van der Waals surface area contributed by atoms with Crippen LogP contribution in [-0.2, 0) is 0 Å². The molecule has 0 bridgehead atoms. The largest absolute Gasteiger partial charge is 0.493 e. The van der Waals surface area contributed by atoms with E-state index in [9.17, 15) is 0 Å². The summed E-state index contributed by atoms with van der Waals surface area (Å²) in [4.78, 5) is 6.85. The van der Waals surface area contributed by atoms with Gasteiger partial charge in [-0.3, -0.25) is 0 Å². The lowest BCUT2D eigenvalue weighted by molar-refractivity contribution is 0.271. The predicted octanol–water partition coefficient (Wildman–Crippen LogP) is 1.65. The molecule has 3 rings (SSSR count). The molecular weight excluding hydrogens is 226 g/mol. The lowest BCUT2D eigenvalue weighted by atomic mass is 9.79. The van der Waals surface area contributed by atoms with E-state index in [1.165, 1.54) is 12.8 Å². The highest BCUT2D eigenvalue weighted by Gasteiger charge is 2.37. The molecule has 1 aromatic heterocycles. The molecule has 1 saturated carbocycles. The van der Waals surface area contributed by atoms with E-state index in [0.717, 1.165) is 42.9 Å². The fourth-order valence-corrected chi connectivity index (χ4v) is 3.42. The Balaban J connectivity index is 1.78. The number of ether oxygens (including phenoxy) is 1. The Morgan fingerprint density at radius 2 is 2.17 bits per heavy atom. The number of rotatable bonds is 2. The van der Waals surface area contributed by atoms with Gasteiger partial charge in [0.25, 0.3) is 0 Å². The molecule has 2 fully saturated rings. The topological polar surface area (TPSA) is 51.4 Å². The van der Waals surface area contributed by atoms with Crippen molar-refractivity contribution < 1.29 is 4.74 Å². The van der Waals surface area contributed by atoms with E-state index in [1.54, 1.807) is 7.11 Å². The van der Waals surface area contributed by atoms with Crippen molar-refractivity contribution in [2.24, 2.45) is 17.6 Å². The summed E-state index contributed by atoms with van der Waals surface area (Å²) in [6.07, 6.45) is 5.44. The molecule has 1 aliphatic carbocycles. The lowest BCUT2D eigenvalue weighted by Gasteiger charge is -2.27. The Morgan fingerprint density at radius 1 is 1.33 bits per heavy atom. The van der Waals surface area contributed by atoms with Gasteiger partial charge in [0.05, 0.1) is 7.11 Å². The van der Waals surface area contributed by atoms with Crippen molar-refractivity contribution in [2.75, 3.05) is 25.1 Å². The number of hydrogen-bond acceptors (Lipinski definition) is 4. The average Bonchev–Trinajstić information content (AvgIpc) is 2.81. The third-order valence-corrected chi connectivity index (χ3v) is 4.36. The zero-order chi connectivity index (χ0) is 12.5. The summed E-state index contributed by atoms with van der Waals surface area (Å²) >= 11 is 0. The van der Waals surface area contributed by atoms with Crippen LogP contribution in [-0.4, -0.2) is 31.2 Å². The molecule has 1 saturated heterocycles. The van der Waals surface area contributed by atoms with Crippen molar-refractivity contribution in [3.8, 4) is 5.75 Å². The molecule has 2 aliphatic rings. The molecular formula is C14H21N3O. The maximum absolute atomic E-state index is 6.07. The van der Waals surface area contributed by atoms with Crippen LogP contribution in [0.25, 0.3) is 0 Å². The Bertz CT molecular complexity index is 423. The van der Waals surface area contributed by atoms with Crippen LogP contribution in [0.2, 0.25) is 0 Å². The maximum atomic E-state index is 6.07. The third-order valence-electron chi connectivity index (χ3n) is 4.36. The van der Waals surface area contributed by atoms with Crippen LogP contribution >= 0.6 is 0 Å². The third kappa shape index (κ3) is 2.05. The van der Waals surface area contributed by atoms with Crippen molar-refractivity contribution in [1.82, 2.24) is 4.98 Å². The van der Waals surface area contributed by atoms with Crippen molar-refractivity contribution >= 4 is 5.82 Å². The van der Waals surface area contributed by atoms with Gasteiger partial charge in [-0.1, -0.05) is 0 Å². The number of fused-ring (bicyclic) bond motifs is 1. The normalized spacial score (nSPS) is 31.2. The van der Waals surface area contributed by atoms with Crippen molar-refractivity contribution in [2.45, 2.75) is 25.3 Å². The molecule has 0 aromatic carbocycles. The average molecular weight is 247 g/mol. The van der Waals surface area contributed by atoms with E-state index >= 15 is 0 Å². The summed E-state index contributed by atoms with van der Waals surface area (Å²) < 4.78 is 5.40. The smallest absolute Gasteiger partial charge is 0.171 e. The van der Waals surface area contributed by atoms with Crippen molar-refractivity contribution in [3.63, 3.8) is 0 Å². The van der Waals surface area contributed by atoms with Gasteiger partial charge < -0.3 is 15.4 Å². The summed E-state index contributed by atoms with van der Waals surface area (Å²) in [5.74, 6) is 3.39. The molecule has 1 unspecified atom stereocenters. The lowest BCUT2D eigenvalue weighted by Crippen LogP contribution is -2.32. The van der Waals surface area contributed by atoms with E-state index in [-0.39, 0.29) is 0 Å². The Morgan fingerprint density at radius 3 is 3.00 bits per heavy atom. The Labute approximate surface area is 108 Å². The van der Waals surface area contributed by atoms with E-state index in [4.69, 9.17) is 10.5 Å². The molecule has 4 nitrogen and oxygen atoms in total. The van der Waals surface area contributed by atoms with Gasteiger partial charge in [0.1, 0.15) is 0 Å². The van der Waals surface area contributed by atoms with Crippen LogP contribution in [0.15, 0.2) is 18.3 Å². The molecule has 1 aromatic rings. The van der Waals surface area contributed by atoms with Gasteiger partial charge in [-0.2, -0.15) is 0 Å². The van der Waals surface area contributed by atoms with Gasteiger partial charge in [-0.05, 0) is 43.2 Å². The molecule has 0 spiro atoms. The number of hydrogen-bond donors (Lipinski definition) is 1. The highest BCUT2D eigenvalue weighted by Crippen LogP contribution is 2.39. The molecule has 4 heteroatoms. The molecule has 18 heavy (non-hydrogen) atoms. The summed E-state index contributed by atoms with van der Waals surface area (Å²) in [7, 11) is 1.71. The second-order valence-electron chi connectivity index (χ2n) is 5.53. The van der Waals surface area contributed by atoms with Gasteiger partial charge in [0.2, 0.25) is 0 Å². The fourth-order valence-electron chi connectivity index (χ4n) is 3.42. The molecule has 3 atom stereocenters. The molecule has 98 valence electrons. The number of pyridine rings is 1. The minimum atomic E-state index is 0.400. The number of nitrogens with two attached hydrogens (primary N) is 1. The molecule has 1 aliphatic heterocycles. The van der Waals surface area contributed by atoms with Gasteiger partial charge in [0.15, 0.2) is 11.6 Å². The van der Waals surface area contributed by atoms with E-state index in [1.807, 2.05) is 18.3 Å². The minimum Gasteiger partial charge on any atom is -0.493 e. The van der Waals surface area contributed by atoms with Crippen LogP contribution in [0.3, 0.4) is 0 Å². The molecule has 0 radical (unpaired) electrons. The summed E-state index contributed by atoms with van der Waals surface area (Å²) in [6, 6.07) is 4.30. The predicted molar refractivity (Wildman–Crippen MR) is 71.8 cm³/mol. The number of aromatic nitrogens is 1. The van der Waals surface area contributed by atoms with Crippen LogP contribution in [0.4, 0.5) is 5.82 Å². The standard InChI is InChI=1S/C14H21N3O/c1-18-13-3-2-6-16-14(13)17-8-10-4-5-12(15)7-11(10)9-17/h2-3,6,10-12H,4-5,7-9,15H2,1H3/t10-,11+,12?/m1/s1. The van der Waals surface area contributed by atoms with Gasteiger partial charge in [-0.15, -0.1) is 0 Å². The minimum absolute atomic E-state index is 0.400. The first-order valence-electron chi connectivity index (χ1n) is 6.77. The Kier molecular flexibility index (Phi) is 3.12. The van der Waals surface area contributed by atoms with E-state index < -0.39 is 0 Å². The summed E-state index contributed by atoms with van der Waals surface area (Å²) in [5, 5.41) is 0. The van der Waals surface area contributed by atoms with Crippen LogP contribution < -0.4 is 15.4 Å². The van der Waals surface area contributed by atoms with Gasteiger partial charge in [0, 0.05) is 25.3 Å². The molecule has 0 amide bonds. The van der Waals surface area contributed by atoms with E-state index in [2.05, 4.69) is 9.88 Å². The van der Waals surface area contributed by atoms with Crippen LogP contribution in [0.5, 0.6) is 5.75 Å². The zero-order valence-electron chi connectivity index (χ0n) is 10.9. The quantitative estimate of drug-likeness (QED) is 0.863. The molecule has 2 heterocycles. The summed E-state index contributed by atoms with van der Waals surface area (Å²) in [5.41, 5.74) is 6.07. The number of nitrogens with zero attached hydrogens (tertiary/aromatic N) is 2. The summed E-state index contributed by atoms with van der Waals surface area (Å²) in [6.45, 7) is 2.18. The van der Waals surface area contributed by atoms with Crippen molar-refractivity contribution in [1.29, 1.82) is 0 Å². The highest BCUT2D eigenvalue weighted by molar-refractivity contribution is 5.53. The van der Waals surface area contributed by atoms with Crippen LogP contribution in [0.1, 0.15) is 19.3 Å². The van der Waals surface area contributed by atoms with Gasteiger partial charge in [-0.25, -0.2) is 4.98 Å². The first-order chi connectivity index (χ1) is 8.78. The first kappa shape index (κ1) is 11.8. The second kappa shape index (κ2) is 4.76. The molecule has 2 N–H and O–H groups in total. The fraction of sp³-hybridized carbons (Fsp3) is 0.643.